The van der Waals surface area contributed by atoms with Crippen LogP contribution in [0.2, 0.25) is 0 Å². The zero-order valence-electron chi connectivity index (χ0n) is 11.8. The van der Waals surface area contributed by atoms with Crippen LogP contribution in [-0.2, 0) is 16.1 Å². The lowest BCUT2D eigenvalue weighted by atomic mass is 10.2. The van der Waals surface area contributed by atoms with Gasteiger partial charge in [-0.2, -0.15) is 0 Å². The quantitative estimate of drug-likeness (QED) is 0.458. The first-order valence-electron chi connectivity index (χ1n) is 6.38. The van der Waals surface area contributed by atoms with Crippen LogP contribution in [-0.4, -0.2) is 21.7 Å². The highest BCUT2D eigenvalue weighted by atomic mass is 79.9. The lowest BCUT2D eigenvalue weighted by Gasteiger charge is -2.06. The SMILES string of the molecule is Cc1cc(C)nc(SCC(=O)OCc2ccccc2Br)n1. The van der Waals surface area contributed by atoms with E-state index in [0.717, 1.165) is 21.4 Å². The number of carbonyl (C=O) groups excluding carboxylic acids is 1. The van der Waals surface area contributed by atoms with E-state index in [-0.39, 0.29) is 18.3 Å². The number of esters is 1. The molecule has 1 heterocycles. The summed E-state index contributed by atoms with van der Waals surface area (Å²) < 4.78 is 6.18. The third-order valence-corrected chi connectivity index (χ3v) is 4.22. The Hall–Kier alpha value is -1.40. The number of ether oxygens (including phenoxy) is 1. The molecule has 6 heteroatoms. The van der Waals surface area contributed by atoms with Crippen molar-refractivity contribution in [1.29, 1.82) is 0 Å². The standard InChI is InChI=1S/C15H15BrN2O2S/c1-10-7-11(2)18-15(17-10)21-9-14(19)20-8-12-5-3-4-6-13(12)16/h3-7H,8-9H2,1-2H3. The van der Waals surface area contributed by atoms with E-state index in [2.05, 4.69) is 25.9 Å². The first kappa shape index (κ1) is 16.0. The summed E-state index contributed by atoms with van der Waals surface area (Å²) in [6, 6.07) is 9.56. The minimum atomic E-state index is -0.279. The van der Waals surface area contributed by atoms with Crippen LogP contribution in [0.25, 0.3) is 0 Å². The van der Waals surface area contributed by atoms with Gasteiger partial charge in [-0.05, 0) is 26.0 Å². The fourth-order valence-electron chi connectivity index (χ4n) is 1.70. The van der Waals surface area contributed by atoms with Crippen molar-refractivity contribution in [3.8, 4) is 0 Å². The van der Waals surface area contributed by atoms with E-state index in [0.29, 0.717) is 5.16 Å². The van der Waals surface area contributed by atoms with E-state index in [1.807, 2.05) is 44.2 Å². The number of halogens is 1. The monoisotopic (exact) mass is 366 g/mol. The van der Waals surface area contributed by atoms with Crippen LogP contribution in [0.1, 0.15) is 17.0 Å². The van der Waals surface area contributed by atoms with Gasteiger partial charge >= 0.3 is 5.97 Å². The maximum atomic E-state index is 11.8. The molecule has 2 aromatic rings. The normalized spacial score (nSPS) is 10.4. The van der Waals surface area contributed by atoms with Gasteiger partial charge in [0, 0.05) is 21.4 Å². The summed E-state index contributed by atoms with van der Waals surface area (Å²) in [5, 5.41) is 0.602. The molecule has 0 unspecified atom stereocenters. The van der Waals surface area contributed by atoms with Gasteiger partial charge in [0.05, 0.1) is 5.75 Å². The maximum Gasteiger partial charge on any atom is 0.316 e. The zero-order chi connectivity index (χ0) is 15.2. The second-order valence-electron chi connectivity index (χ2n) is 4.47. The number of rotatable bonds is 5. The molecule has 0 amide bonds. The zero-order valence-corrected chi connectivity index (χ0v) is 14.2. The number of thioether (sulfide) groups is 1. The molecule has 0 aliphatic carbocycles. The molecule has 21 heavy (non-hydrogen) atoms. The smallest absolute Gasteiger partial charge is 0.316 e. The minimum Gasteiger partial charge on any atom is -0.460 e. The third kappa shape index (κ3) is 5.13. The van der Waals surface area contributed by atoms with Crippen molar-refractivity contribution in [3.63, 3.8) is 0 Å². The second kappa shape index (κ2) is 7.56. The molecule has 4 nitrogen and oxygen atoms in total. The van der Waals surface area contributed by atoms with Gasteiger partial charge in [0.15, 0.2) is 5.16 Å². The fourth-order valence-corrected chi connectivity index (χ4v) is 2.84. The Bertz CT molecular complexity index is 629. The molecular formula is C15H15BrN2O2S. The molecule has 1 aromatic carbocycles. The Kier molecular flexibility index (Phi) is 5.76. The highest BCUT2D eigenvalue weighted by Crippen LogP contribution is 2.18. The predicted molar refractivity (Wildman–Crippen MR) is 86.2 cm³/mol. The molecule has 0 N–H and O–H groups in total. The number of aromatic nitrogens is 2. The molecule has 2 rings (SSSR count). The van der Waals surface area contributed by atoms with Crippen molar-refractivity contribution in [1.82, 2.24) is 9.97 Å². The Morgan fingerprint density at radius 1 is 1.24 bits per heavy atom. The largest absolute Gasteiger partial charge is 0.460 e. The van der Waals surface area contributed by atoms with Gasteiger partial charge in [0.2, 0.25) is 0 Å². The van der Waals surface area contributed by atoms with E-state index in [1.165, 1.54) is 11.8 Å². The Labute approximate surface area is 136 Å². The number of benzene rings is 1. The van der Waals surface area contributed by atoms with Gasteiger partial charge in [-0.3, -0.25) is 4.79 Å². The highest BCUT2D eigenvalue weighted by Gasteiger charge is 2.08. The van der Waals surface area contributed by atoms with Crippen LogP contribution < -0.4 is 0 Å². The maximum absolute atomic E-state index is 11.8. The van der Waals surface area contributed by atoms with Crippen molar-refractivity contribution >= 4 is 33.7 Å². The molecule has 0 atom stereocenters. The number of hydrogen-bond acceptors (Lipinski definition) is 5. The van der Waals surface area contributed by atoms with Gasteiger partial charge < -0.3 is 4.74 Å². The van der Waals surface area contributed by atoms with Gasteiger partial charge in [-0.1, -0.05) is 45.9 Å². The Balaban J connectivity index is 1.84. The van der Waals surface area contributed by atoms with Crippen molar-refractivity contribution in [3.05, 3.63) is 51.8 Å². The van der Waals surface area contributed by atoms with Crippen LogP contribution in [0.15, 0.2) is 40.0 Å². The molecular weight excluding hydrogens is 352 g/mol. The summed E-state index contributed by atoms with van der Waals surface area (Å²) >= 11 is 4.71. The molecule has 0 aliphatic rings. The van der Waals surface area contributed by atoms with Crippen molar-refractivity contribution in [2.45, 2.75) is 25.6 Å². The second-order valence-corrected chi connectivity index (χ2v) is 6.27. The van der Waals surface area contributed by atoms with E-state index >= 15 is 0 Å². The molecule has 110 valence electrons. The number of carbonyl (C=O) groups is 1. The van der Waals surface area contributed by atoms with E-state index in [4.69, 9.17) is 4.74 Å². The summed E-state index contributed by atoms with van der Waals surface area (Å²) in [4.78, 5) is 20.3. The topological polar surface area (TPSA) is 52.1 Å². The molecule has 0 saturated heterocycles. The Morgan fingerprint density at radius 3 is 2.57 bits per heavy atom. The number of aryl methyl sites for hydroxylation is 2. The van der Waals surface area contributed by atoms with Gasteiger partial charge in [-0.25, -0.2) is 9.97 Å². The summed E-state index contributed by atoms with van der Waals surface area (Å²) in [6.07, 6.45) is 0. The molecule has 0 aliphatic heterocycles. The van der Waals surface area contributed by atoms with Crippen LogP contribution in [0, 0.1) is 13.8 Å². The van der Waals surface area contributed by atoms with Crippen molar-refractivity contribution in [2.24, 2.45) is 0 Å². The lowest BCUT2D eigenvalue weighted by Crippen LogP contribution is -2.08. The third-order valence-electron chi connectivity index (χ3n) is 2.63. The van der Waals surface area contributed by atoms with Crippen molar-refractivity contribution in [2.75, 3.05) is 5.75 Å². The summed E-state index contributed by atoms with van der Waals surface area (Å²) in [5.74, 6) is -0.0774. The molecule has 1 aromatic heterocycles. The molecule has 0 saturated carbocycles. The van der Waals surface area contributed by atoms with Crippen LogP contribution >= 0.6 is 27.7 Å². The number of hydrogen-bond donors (Lipinski definition) is 0. The van der Waals surface area contributed by atoms with Gasteiger partial charge in [0.25, 0.3) is 0 Å². The van der Waals surface area contributed by atoms with Crippen LogP contribution in [0.3, 0.4) is 0 Å². The summed E-state index contributed by atoms with van der Waals surface area (Å²) in [7, 11) is 0. The predicted octanol–water partition coefficient (Wildman–Crippen LogP) is 3.69. The summed E-state index contributed by atoms with van der Waals surface area (Å²) in [6.45, 7) is 4.07. The van der Waals surface area contributed by atoms with Crippen LogP contribution in [0.4, 0.5) is 0 Å². The van der Waals surface area contributed by atoms with Gasteiger partial charge in [0.1, 0.15) is 6.61 Å². The Morgan fingerprint density at radius 2 is 1.90 bits per heavy atom. The average molecular weight is 367 g/mol. The average Bonchev–Trinajstić information content (AvgIpc) is 2.43. The summed E-state index contributed by atoms with van der Waals surface area (Å²) in [5.41, 5.74) is 2.73. The molecule has 0 spiro atoms. The van der Waals surface area contributed by atoms with E-state index in [1.54, 1.807) is 0 Å². The van der Waals surface area contributed by atoms with E-state index in [9.17, 15) is 4.79 Å². The van der Waals surface area contributed by atoms with Crippen molar-refractivity contribution < 1.29 is 9.53 Å². The highest BCUT2D eigenvalue weighted by molar-refractivity contribution is 9.10. The van der Waals surface area contributed by atoms with Crippen LogP contribution in [0.5, 0.6) is 0 Å². The molecule has 0 fully saturated rings. The first-order chi connectivity index (χ1) is 10.0. The van der Waals surface area contributed by atoms with E-state index < -0.39 is 0 Å². The lowest BCUT2D eigenvalue weighted by molar-refractivity contribution is -0.141. The van der Waals surface area contributed by atoms with Gasteiger partial charge in [-0.15, -0.1) is 0 Å². The number of nitrogens with zero attached hydrogens (tertiary/aromatic N) is 2. The molecule has 0 radical (unpaired) electrons. The first-order valence-corrected chi connectivity index (χ1v) is 8.16. The fraction of sp³-hybridized carbons (Fsp3) is 0.267. The minimum absolute atomic E-state index is 0.202. The molecule has 0 bridgehead atoms.